The van der Waals surface area contributed by atoms with Crippen LogP contribution in [0.15, 0.2) is 30.5 Å². The number of carbonyl (C=O) groups excluding carboxylic acids is 1. The van der Waals surface area contributed by atoms with Gasteiger partial charge in [-0.2, -0.15) is 0 Å². The molecule has 2 atom stereocenters. The van der Waals surface area contributed by atoms with Gasteiger partial charge in [-0.05, 0) is 31.4 Å². The molecule has 0 unspecified atom stereocenters. The number of aromatic nitrogens is 1. The first-order chi connectivity index (χ1) is 12.4. The molecule has 26 heavy (non-hydrogen) atoms. The number of ketones is 1. The molecule has 1 fully saturated rings. The zero-order valence-electron chi connectivity index (χ0n) is 13.7. The molecule has 7 heteroatoms. The molecule has 0 radical (unpaired) electrons. The number of ether oxygens (including phenoxy) is 1. The van der Waals surface area contributed by atoms with Crippen molar-refractivity contribution in [2.45, 2.75) is 37.0 Å². The summed E-state index contributed by atoms with van der Waals surface area (Å²) in [6.07, 6.45) is 1.55. The minimum absolute atomic E-state index is 0.00855. The molecule has 2 aromatic rings. The van der Waals surface area contributed by atoms with E-state index in [2.05, 4.69) is 4.98 Å². The lowest BCUT2D eigenvalue weighted by atomic mass is 9.74. The van der Waals surface area contributed by atoms with Crippen LogP contribution in [0.25, 0.3) is 0 Å². The fourth-order valence-corrected chi connectivity index (χ4v) is 3.91. The molecule has 0 amide bonds. The van der Waals surface area contributed by atoms with Crippen LogP contribution in [0.3, 0.4) is 0 Å². The molecule has 2 heterocycles. The average molecular weight is 382 g/mol. The molecule has 1 saturated heterocycles. The minimum atomic E-state index is -2.19. The van der Waals surface area contributed by atoms with Crippen molar-refractivity contribution in [3.8, 4) is 0 Å². The smallest absolute Gasteiger partial charge is 0.195 e. The zero-order chi connectivity index (χ0) is 18.5. The third kappa shape index (κ3) is 2.72. The van der Waals surface area contributed by atoms with Crippen LogP contribution in [0.4, 0.5) is 13.2 Å². The van der Waals surface area contributed by atoms with Crippen LogP contribution in [0, 0.1) is 11.6 Å². The molecule has 0 bridgehead atoms. The first kappa shape index (κ1) is 17.5. The Kier molecular flexibility index (Phi) is 4.08. The highest BCUT2D eigenvalue weighted by Gasteiger charge is 2.58. The van der Waals surface area contributed by atoms with E-state index in [4.69, 9.17) is 16.3 Å². The summed E-state index contributed by atoms with van der Waals surface area (Å²) in [4.78, 5) is 16.9. The molecule has 3 nitrogen and oxygen atoms in total. The van der Waals surface area contributed by atoms with Gasteiger partial charge in [-0.1, -0.05) is 17.7 Å². The van der Waals surface area contributed by atoms with Crippen molar-refractivity contribution >= 4 is 17.4 Å². The molecule has 1 aliphatic heterocycles. The number of Topliss-reactive ketones (excluding diaryl/α,β-unsaturated/α-hetero) is 1. The van der Waals surface area contributed by atoms with E-state index in [0.717, 1.165) is 6.07 Å². The molecule has 4 rings (SSSR count). The second kappa shape index (κ2) is 6.06. The van der Waals surface area contributed by atoms with Crippen LogP contribution in [-0.2, 0) is 27.2 Å². The Hall–Kier alpha value is -1.92. The first-order valence-electron chi connectivity index (χ1n) is 8.31. The number of hydrogen-bond acceptors (Lipinski definition) is 3. The van der Waals surface area contributed by atoms with Gasteiger partial charge in [0.05, 0.1) is 12.3 Å². The SMILES string of the molecule is O=C(CCc1c(F)cc(F)cc1Cl)[C@]1(F)CC[C@@]2(CO2)c2ncccc21. The van der Waals surface area contributed by atoms with Gasteiger partial charge in [0.25, 0.3) is 0 Å². The number of nitrogens with zero attached hydrogens (tertiary/aromatic N) is 1. The molecule has 0 N–H and O–H groups in total. The van der Waals surface area contributed by atoms with Gasteiger partial charge in [-0.25, -0.2) is 13.2 Å². The van der Waals surface area contributed by atoms with Crippen LogP contribution >= 0.6 is 11.6 Å². The highest BCUT2D eigenvalue weighted by atomic mass is 35.5. The first-order valence-corrected chi connectivity index (χ1v) is 8.69. The van der Waals surface area contributed by atoms with Crippen molar-refractivity contribution in [3.63, 3.8) is 0 Å². The summed E-state index contributed by atoms with van der Waals surface area (Å²) >= 11 is 5.85. The number of pyridine rings is 1. The topological polar surface area (TPSA) is 42.5 Å². The van der Waals surface area contributed by atoms with E-state index in [1.165, 1.54) is 0 Å². The monoisotopic (exact) mass is 381 g/mol. The van der Waals surface area contributed by atoms with E-state index in [0.29, 0.717) is 24.8 Å². The van der Waals surface area contributed by atoms with Crippen molar-refractivity contribution in [1.29, 1.82) is 0 Å². The Morgan fingerprint density at radius 1 is 1.31 bits per heavy atom. The van der Waals surface area contributed by atoms with Crippen molar-refractivity contribution in [1.82, 2.24) is 4.98 Å². The second-order valence-corrected chi connectivity index (χ2v) is 7.16. The Balaban J connectivity index is 1.59. The standard InChI is InChI=1S/C19H15ClF3NO2/c20-14-8-11(21)9-15(22)12(14)3-4-16(25)19(23)6-5-18(10-26-18)17-13(19)2-1-7-24-17/h1-2,7-9H,3-6,10H2/t18-,19+/m1/s1. The molecule has 1 aliphatic carbocycles. The summed E-state index contributed by atoms with van der Waals surface area (Å²) in [5, 5.41) is -0.112. The Morgan fingerprint density at radius 3 is 2.77 bits per heavy atom. The summed E-state index contributed by atoms with van der Waals surface area (Å²) in [5.41, 5.74) is -2.07. The number of benzene rings is 1. The lowest BCUT2D eigenvalue weighted by Gasteiger charge is -2.33. The number of epoxide rings is 1. The van der Waals surface area contributed by atoms with E-state index in [9.17, 15) is 13.6 Å². The highest BCUT2D eigenvalue weighted by molar-refractivity contribution is 6.31. The van der Waals surface area contributed by atoms with Gasteiger partial charge in [-0.15, -0.1) is 0 Å². The van der Waals surface area contributed by atoms with Gasteiger partial charge in [0.1, 0.15) is 17.2 Å². The van der Waals surface area contributed by atoms with Crippen LogP contribution in [-0.4, -0.2) is 17.4 Å². The fourth-order valence-electron chi connectivity index (χ4n) is 3.62. The van der Waals surface area contributed by atoms with Crippen LogP contribution in [0.1, 0.15) is 36.1 Å². The Labute approximate surface area is 153 Å². The number of alkyl halides is 1. The molecule has 0 saturated carbocycles. The van der Waals surface area contributed by atoms with Gasteiger partial charge in [-0.3, -0.25) is 9.78 Å². The minimum Gasteiger partial charge on any atom is -0.363 e. The predicted molar refractivity (Wildman–Crippen MR) is 88.6 cm³/mol. The largest absolute Gasteiger partial charge is 0.363 e. The second-order valence-electron chi connectivity index (χ2n) is 6.75. The van der Waals surface area contributed by atoms with Gasteiger partial charge in [0.15, 0.2) is 11.5 Å². The molecule has 136 valence electrons. The van der Waals surface area contributed by atoms with Crippen molar-refractivity contribution in [3.05, 3.63) is 63.9 Å². The summed E-state index contributed by atoms with van der Waals surface area (Å²) in [6.45, 7) is 0.470. The van der Waals surface area contributed by atoms with Crippen molar-refractivity contribution in [2.24, 2.45) is 0 Å². The maximum atomic E-state index is 15.7. The molecule has 1 spiro atoms. The van der Waals surface area contributed by atoms with Crippen LogP contribution in [0.2, 0.25) is 5.02 Å². The zero-order valence-corrected chi connectivity index (χ0v) is 14.5. The Morgan fingerprint density at radius 2 is 2.08 bits per heavy atom. The normalized spacial score (nSPS) is 26.6. The maximum absolute atomic E-state index is 15.7. The molecule has 2 aliphatic rings. The lowest BCUT2D eigenvalue weighted by molar-refractivity contribution is -0.132. The van der Waals surface area contributed by atoms with Gasteiger partial charge in [0, 0.05) is 34.8 Å². The van der Waals surface area contributed by atoms with E-state index in [-0.39, 0.29) is 35.4 Å². The van der Waals surface area contributed by atoms with Gasteiger partial charge < -0.3 is 4.74 Å². The van der Waals surface area contributed by atoms with E-state index in [1.54, 1.807) is 18.3 Å². The van der Waals surface area contributed by atoms with Crippen LogP contribution in [0.5, 0.6) is 0 Å². The molecular weight excluding hydrogens is 367 g/mol. The summed E-state index contributed by atoms with van der Waals surface area (Å²) in [6, 6.07) is 4.81. The quantitative estimate of drug-likeness (QED) is 0.737. The van der Waals surface area contributed by atoms with E-state index < -0.39 is 28.7 Å². The van der Waals surface area contributed by atoms with Crippen LogP contribution < -0.4 is 0 Å². The van der Waals surface area contributed by atoms with E-state index >= 15 is 4.39 Å². The van der Waals surface area contributed by atoms with Crippen molar-refractivity contribution in [2.75, 3.05) is 6.61 Å². The summed E-state index contributed by atoms with van der Waals surface area (Å²) < 4.78 is 48.2. The summed E-state index contributed by atoms with van der Waals surface area (Å²) in [5.74, 6) is -2.31. The lowest BCUT2D eigenvalue weighted by Crippen LogP contribution is -2.39. The van der Waals surface area contributed by atoms with Gasteiger partial charge >= 0.3 is 0 Å². The number of rotatable bonds is 4. The van der Waals surface area contributed by atoms with Crippen molar-refractivity contribution < 1.29 is 22.7 Å². The molecule has 1 aromatic heterocycles. The third-order valence-electron chi connectivity index (χ3n) is 5.18. The summed E-state index contributed by atoms with van der Waals surface area (Å²) in [7, 11) is 0. The fraction of sp³-hybridized carbons (Fsp3) is 0.368. The Bertz CT molecular complexity index is 877. The highest BCUT2D eigenvalue weighted by Crippen LogP contribution is 2.53. The number of fused-ring (bicyclic) bond motifs is 2. The molecule has 1 aromatic carbocycles. The molecular formula is C19H15ClF3NO2. The number of hydrogen-bond donors (Lipinski definition) is 0. The maximum Gasteiger partial charge on any atom is 0.195 e. The number of halogens is 4. The van der Waals surface area contributed by atoms with Gasteiger partial charge in [0.2, 0.25) is 0 Å². The number of carbonyl (C=O) groups is 1. The predicted octanol–water partition coefficient (Wildman–Crippen LogP) is 4.40. The van der Waals surface area contributed by atoms with E-state index in [1.807, 2.05) is 0 Å². The average Bonchev–Trinajstić information content (AvgIpc) is 3.38. The third-order valence-corrected chi connectivity index (χ3v) is 5.52.